The zero-order chi connectivity index (χ0) is 27.7. The van der Waals surface area contributed by atoms with Gasteiger partial charge in [-0.2, -0.15) is 5.10 Å². The van der Waals surface area contributed by atoms with E-state index in [-0.39, 0.29) is 17.9 Å². The number of hydrogen-bond acceptors (Lipinski definition) is 6. The smallest absolute Gasteiger partial charge is 0.287 e. The van der Waals surface area contributed by atoms with E-state index in [2.05, 4.69) is 34.5 Å². The lowest BCUT2D eigenvalue weighted by Crippen LogP contribution is -2.17. The van der Waals surface area contributed by atoms with Crippen molar-refractivity contribution < 1.29 is 14.6 Å². The summed E-state index contributed by atoms with van der Waals surface area (Å²) in [6.45, 7) is 1.90. The fraction of sp³-hybridized carbons (Fsp3) is 0.152. The predicted octanol–water partition coefficient (Wildman–Crippen LogP) is 6.24. The maximum absolute atomic E-state index is 12.4. The summed E-state index contributed by atoms with van der Waals surface area (Å²) in [7, 11) is 0. The fourth-order valence-corrected chi connectivity index (χ4v) is 4.62. The van der Waals surface area contributed by atoms with E-state index in [4.69, 9.17) is 14.8 Å². The minimum Gasteiger partial charge on any atom is -0.287 e. The summed E-state index contributed by atoms with van der Waals surface area (Å²) in [6.07, 6.45) is 1.39. The van der Waals surface area contributed by atoms with Crippen LogP contribution in [0.3, 0.4) is 0 Å². The number of carbonyl (C=O) groups is 1. The summed E-state index contributed by atoms with van der Waals surface area (Å²) in [5, 5.41) is 7.19. The highest BCUT2D eigenvalue weighted by Crippen LogP contribution is 2.33. The van der Waals surface area contributed by atoms with Crippen molar-refractivity contribution in [3.05, 3.63) is 148 Å². The molecule has 200 valence electrons. The second-order valence-corrected chi connectivity index (χ2v) is 9.40. The lowest BCUT2D eigenvalue weighted by Gasteiger charge is -2.20. The van der Waals surface area contributed by atoms with Crippen molar-refractivity contribution in [1.82, 2.24) is 15.2 Å². The third-order valence-electron chi connectivity index (χ3n) is 6.45. The van der Waals surface area contributed by atoms with Crippen LogP contribution in [0.4, 0.5) is 0 Å². The van der Waals surface area contributed by atoms with Gasteiger partial charge in [-0.25, -0.2) is 9.89 Å². The molecule has 2 aromatic heterocycles. The van der Waals surface area contributed by atoms with E-state index in [1.54, 1.807) is 18.2 Å². The number of aromatic amines is 1. The van der Waals surface area contributed by atoms with Gasteiger partial charge in [0.2, 0.25) is 0 Å². The van der Waals surface area contributed by atoms with E-state index in [0.29, 0.717) is 18.6 Å². The molecule has 0 aliphatic rings. The molecule has 7 nitrogen and oxygen atoms in total. The average molecular weight is 532 g/mol. The number of hydrogen-bond donors (Lipinski definition) is 1. The zero-order valence-electron chi connectivity index (χ0n) is 22.1. The topological polar surface area (TPSA) is 94.2 Å². The monoisotopic (exact) mass is 531 g/mol. The molecule has 0 bridgehead atoms. The first-order chi connectivity index (χ1) is 19.6. The van der Waals surface area contributed by atoms with Crippen molar-refractivity contribution in [3.63, 3.8) is 0 Å². The quantitative estimate of drug-likeness (QED) is 0.169. The molecular weight excluding hydrogens is 502 g/mol. The molecule has 40 heavy (non-hydrogen) atoms. The largest absolute Gasteiger partial charge is 0.355 e. The highest BCUT2D eigenvalue weighted by Gasteiger charge is 2.22. The lowest BCUT2D eigenvalue weighted by molar-refractivity contribution is -0.213. The molecule has 0 aliphatic heterocycles. The summed E-state index contributed by atoms with van der Waals surface area (Å²) < 4.78 is 0. The molecule has 0 radical (unpaired) electrons. The Morgan fingerprint density at radius 2 is 1.55 bits per heavy atom. The molecule has 1 N–H and O–H groups in total. The highest BCUT2D eigenvalue weighted by molar-refractivity contribution is 5.68. The Kier molecular flexibility index (Phi) is 8.41. The first kappa shape index (κ1) is 26.6. The molecule has 0 spiro atoms. The molecule has 5 rings (SSSR count). The van der Waals surface area contributed by atoms with Crippen molar-refractivity contribution in [2.24, 2.45) is 0 Å². The maximum Gasteiger partial charge on any atom is 0.355 e. The van der Waals surface area contributed by atoms with E-state index in [0.717, 1.165) is 39.3 Å². The first-order valence-corrected chi connectivity index (χ1v) is 13.2. The molecule has 7 heteroatoms. The summed E-state index contributed by atoms with van der Waals surface area (Å²) in [6, 6.07) is 34.8. The summed E-state index contributed by atoms with van der Waals surface area (Å²) in [4.78, 5) is 39.1. The molecule has 0 aliphatic carbocycles. The minimum atomic E-state index is -0.417. The van der Waals surface area contributed by atoms with Crippen molar-refractivity contribution in [1.29, 1.82) is 0 Å². The second kappa shape index (κ2) is 12.7. The van der Waals surface area contributed by atoms with E-state index in [9.17, 15) is 9.59 Å². The average Bonchev–Trinajstić information content (AvgIpc) is 2.99. The standard InChI is InChI=1S/C33H29N3O4/c1-2-11-31(38)40-39-28-18-9-16-25(21-28)29-19-10-17-27(34-29)20-26-22-30(37)35-36-33(26)32(23-12-5-3-6-13-23)24-14-7-4-8-15-24/h3-10,12-19,21-22,32H,2,11,20H2,1H3,(H,35,37). The Hall–Kier alpha value is -5.04. The van der Waals surface area contributed by atoms with Crippen LogP contribution in [0.1, 0.15) is 53.8 Å². The van der Waals surface area contributed by atoms with Crippen molar-refractivity contribution in [2.45, 2.75) is 32.1 Å². The van der Waals surface area contributed by atoms with Crippen LogP contribution in [0.5, 0.6) is 5.75 Å². The fourth-order valence-electron chi connectivity index (χ4n) is 4.62. The highest BCUT2D eigenvalue weighted by atomic mass is 17.2. The number of benzene rings is 3. The van der Waals surface area contributed by atoms with E-state index < -0.39 is 5.97 Å². The van der Waals surface area contributed by atoms with Crippen molar-refractivity contribution in [2.75, 3.05) is 0 Å². The summed E-state index contributed by atoms with van der Waals surface area (Å²) in [5.74, 6) is -0.176. The Bertz CT molecular complexity index is 1600. The van der Waals surface area contributed by atoms with Crippen molar-refractivity contribution >= 4 is 5.97 Å². The number of aromatic nitrogens is 3. The molecule has 5 aromatic rings. The van der Waals surface area contributed by atoms with Gasteiger partial charge in [-0.3, -0.25) is 19.6 Å². The molecule has 0 saturated carbocycles. The molecule has 0 amide bonds. The number of nitrogens with one attached hydrogen (secondary N) is 1. The van der Waals surface area contributed by atoms with E-state index in [1.165, 1.54) is 0 Å². The second-order valence-electron chi connectivity index (χ2n) is 9.40. The Morgan fingerprint density at radius 3 is 2.25 bits per heavy atom. The van der Waals surface area contributed by atoms with Gasteiger partial charge < -0.3 is 0 Å². The van der Waals surface area contributed by atoms with E-state index in [1.807, 2.05) is 73.7 Å². The SMILES string of the molecule is CCCC(=O)OOc1cccc(-c2cccc(Cc3cc(=O)[nH]nc3C(c3ccccc3)c3ccccc3)n2)c1. The van der Waals surface area contributed by atoms with Crippen LogP contribution in [0.2, 0.25) is 0 Å². The normalized spacial score (nSPS) is 10.8. The first-order valence-electron chi connectivity index (χ1n) is 13.2. The van der Waals surface area contributed by atoms with Gasteiger partial charge >= 0.3 is 5.97 Å². The van der Waals surface area contributed by atoms with Crippen LogP contribution >= 0.6 is 0 Å². The van der Waals surface area contributed by atoms with Gasteiger partial charge in [-0.05, 0) is 47.4 Å². The molecule has 2 heterocycles. The Labute approximate surface area is 232 Å². The number of carbonyl (C=O) groups excluding carboxylic acids is 1. The lowest BCUT2D eigenvalue weighted by atomic mass is 9.85. The van der Waals surface area contributed by atoms with Gasteiger partial charge in [-0.1, -0.05) is 85.8 Å². The number of rotatable bonds is 10. The van der Waals surface area contributed by atoms with Crippen LogP contribution in [0.25, 0.3) is 11.3 Å². The Balaban J connectivity index is 1.46. The maximum atomic E-state index is 12.4. The van der Waals surface area contributed by atoms with E-state index >= 15 is 0 Å². The van der Waals surface area contributed by atoms with Crippen LogP contribution in [-0.4, -0.2) is 21.2 Å². The molecule has 0 atom stereocenters. The molecule has 0 fully saturated rings. The van der Waals surface area contributed by atoms with Gasteiger partial charge in [0.25, 0.3) is 5.56 Å². The van der Waals surface area contributed by atoms with Gasteiger partial charge in [0.05, 0.1) is 17.3 Å². The zero-order valence-corrected chi connectivity index (χ0v) is 22.1. The predicted molar refractivity (Wildman–Crippen MR) is 153 cm³/mol. The van der Waals surface area contributed by atoms with Crippen LogP contribution in [0.15, 0.2) is 114 Å². The van der Waals surface area contributed by atoms with Crippen molar-refractivity contribution in [3.8, 4) is 17.0 Å². The minimum absolute atomic E-state index is 0.165. The molecule has 0 saturated heterocycles. The van der Waals surface area contributed by atoms with Crippen LogP contribution < -0.4 is 10.4 Å². The van der Waals surface area contributed by atoms with Crippen LogP contribution in [-0.2, 0) is 16.1 Å². The third kappa shape index (κ3) is 6.50. The van der Waals surface area contributed by atoms with Gasteiger partial charge in [0.15, 0.2) is 5.75 Å². The molecule has 3 aromatic carbocycles. The number of H-pyrrole nitrogens is 1. The van der Waals surface area contributed by atoms with Crippen LogP contribution in [0, 0.1) is 0 Å². The molecule has 0 unspecified atom stereocenters. The number of pyridine rings is 1. The van der Waals surface area contributed by atoms with Gasteiger partial charge in [-0.15, -0.1) is 0 Å². The van der Waals surface area contributed by atoms with Gasteiger partial charge in [0.1, 0.15) is 0 Å². The third-order valence-corrected chi connectivity index (χ3v) is 6.45. The summed E-state index contributed by atoms with van der Waals surface area (Å²) in [5.41, 5.74) is 5.77. The Morgan fingerprint density at radius 1 is 0.850 bits per heavy atom. The summed E-state index contributed by atoms with van der Waals surface area (Å²) >= 11 is 0. The molecular formula is C33H29N3O4. The van der Waals surface area contributed by atoms with Gasteiger partial charge in [0, 0.05) is 30.2 Å². The number of nitrogens with zero attached hydrogens (tertiary/aromatic N) is 2.